The van der Waals surface area contributed by atoms with Gasteiger partial charge >= 0.3 is 0 Å². The van der Waals surface area contributed by atoms with Crippen molar-refractivity contribution in [1.82, 2.24) is 4.90 Å². The number of amides is 1. The molecule has 0 bridgehead atoms. The Morgan fingerprint density at radius 3 is 2.59 bits per heavy atom. The molecular weight excluding hydrogens is 360 g/mol. The van der Waals surface area contributed by atoms with Crippen LogP contribution in [0, 0.1) is 0 Å². The van der Waals surface area contributed by atoms with Crippen LogP contribution in [0.3, 0.4) is 0 Å². The summed E-state index contributed by atoms with van der Waals surface area (Å²) >= 11 is 0. The van der Waals surface area contributed by atoms with Crippen molar-refractivity contribution in [2.75, 3.05) is 26.0 Å². The highest BCUT2D eigenvalue weighted by atomic mass is 28.4. The smallest absolute Gasteiger partial charge is 0.256 e. The van der Waals surface area contributed by atoms with Crippen molar-refractivity contribution in [1.29, 1.82) is 0 Å². The number of methoxy groups -OCH3 is 1. The van der Waals surface area contributed by atoms with Crippen LogP contribution in [-0.2, 0) is 4.43 Å². The van der Waals surface area contributed by atoms with E-state index in [0.29, 0.717) is 18.7 Å². The van der Waals surface area contributed by atoms with E-state index in [2.05, 4.69) is 40.4 Å². The largest absolute Gasteiger partial charge is 0.504 e. The Balaban J connectivity index is 2.23. The molecule has 7 heteroatoms. The quantitative estimate of drug-likeness (QED) is 0.452. The molecule has 2 rings (SSSR count). The molecule has 6 nitrogen and oxygen atoms in total. The number of phenols is 1. The Labute approximate surface area is 163 Å². The van der Waals surface area contributed by atoms with Gasteiger partial charge in [0.2, 0.25) is 0 Å². The number of carbonyl (C=O) groups excluding carboxylic acids is 1. The van der Waals surface area contributed by atoms with Gasteiger partial charge < -0.3 is 24.9 Å². The number of phenolic OH excluding ortho intramolecular Hbond substituents is 1. The first-order valence-electron chi connectivity index (χ1n) is 9.15. The van der Waals surface area contributed by atoms with Crippen LogP contribution >= 0.6 is 0 Å². The van der Waals surface area contributed by atoms with Gasteiger partial charge in [-0.25, -0.2) is 0 Å². The lowest BCUT2D eigenvalue weighted by atomic mass is 10.1. The molecule has 150 valence electrons. The monoisotopic (exact) mass is 392 g/mol. The molecule has 0 aromatic heterocycles. The van der Waals surface area contributed by atoms with Gasteiger partial charge in [-0.2, -0.15) is 0 Å². The number of aromatic hydroxyl groups is 1. The van der Waals surface area contributed by atoms with Gasteiger partial charge in [0.25, 0.3) is 5.91 Å². The minimum absolute atomic E-state index is 0.0710. The van der Waals surface area contributed by atoms with E-state index in [0.717, 1.165) is 12.0 Å². The van der Waals surface area contributed by atoms with Gasteiger partial charge in [-0.05, 0) is 30.6 Å². The van der Waals surface area contributed by atoms with Gasteiger partial charge in [-0.15, -0.1) is 0 Å². The zero-order valence-corrected chi connectivity index (χ0v) is 18.3. The Hall–Kier alpha value is -1.99. The molecule has 1 fully saturated rings. The third-order valence-electron chi connectivity index (χ3n) is 5.64. The van der Waals surface area contributed by atoms with Crippen molar-refractivity contribution in [3.8, 4) is 11.5 Å². The molecule has 1 aliphatic rings. The fourth-order valence-corrected chi connectivity index (χ4v) is 3.92. The molecule has 27 heavy (non-hydrogen) atoms. The Bertz CT molecular complexity index is 740. The van der Waals surface area contributed by atoms with Crippen LogP contribution in [0.25, 0.3) is 0 Å². The molecular formula is C20H32N2O4Si. The second kappa shape index (κ2) is 7.56. The average molecular weight is 393 g/mol. The third-order valence-corrected chi connectivity index (χ3v) is 10.1. The van der Waals surface area contributed by atoms with Gasteiger partial charge in [-0.1, -0.05) is 32.9 Å². The number of carbonyl (C=O) groups is 1. The Kier molecular flexibility index (Phi) is 5.96. The summed E-state index contributed by atoms with van der Waals surface area (Å²) in [6, 6.07) is 2.76. The second-order valence-corrected chi connectivity index (χ2v) is 13.5. The minimum Gasteiger partial charge on any atom is -0.504 e. The highest BCUT2D eigenvalue weighted by molar-refractivity contribution is 6.74. The third kappa shape index (κ3) is 4.47. The van der Waals surface area contributed by atoms with Crippen LogP contribution in [0.2, 0.25) is 18.1 Å². The number of ether oxygens (including phenoxy) is 1. The van der Waals surface area contributed by atoms with E-state index in [1.807, 2.05) is 0 Å². The van der Waals surface area contributed by atoms with E-state index in [1.165, 1.54) is 19.2 Å². The normalized spacial score (nSPS) is 18.1. The number of benzene rings is 1. The fraction of sp³-hybridized carbons (Fsp3) is 0.550. The number of nitrogen functional groups attached to an aromatic ring is 1. The van der Waals surface area contributed by atoms with Crippen LogP contribution in [-0.4, -0.2) is 50.5 Å². The Morgan fingerprint density at radius 1 is 1.41 bits per heavy atom. The zero-order chi connectivity index (χ0) is 20.6. The molecule has 1 atom stereocenters. The number of hydrogen-bond acceptors (Lipinski definition) is 5. The van der Waals surface area contributed by atoms with Crippen LogP contribution < -0.4 is 10.5 Å². The summed E-state index contributed by atoms with van der Waals surface area (Å²) in [5.74, 6) is -0.0666. The molecule has 1 unspecified atom stereocenters. The molecule has 1 saturated heterocycles. The predicted molar refractivity (Wildman–Crippen MR) is 111 cm³/mol. The average Bonchev–Trinajstić information content (AvgIpc) is 2.92. The van der Waals surface area contributed by atoms with Crippen molar-refractivity contribution in [3.05, 3.63) is 29.8 Å². The molecule has 1 aliphatic heterocycles. The summed E-state index contributed by atoms with van der Waals surface area (Å²) in [7, 11) is -0.479. The molecule has 1 aromatic rings. The molecule has 0 spiro atoms. The molecule has 1 aromatic carbocycles. The molecule has 1 amide bonds. The van der Waals surface area contributed by atoms with Crippen molar-refractivity contribution < 1.29 is 19.1 Å². The molecule has 0 saturated carbocycles. The van der Waals surface area contributed by atoms with E-state index >= 15 is 0 Å². The lowest BCUT2D eigenvalue weighted by Crippen LogP contribution is -2.46. The highest BCUT2D eigenvalue weighted by Gasteiger charge is 2.40. The van der Waals surface area contributed by atoms with Gasteiger partial charge in [0.1, 0.15) is 0 Å². The molecule has 1 heterocycles. The maximum atomic E-state index is 13.1. The number of likely N-dealkylation sites (tertiary alicyclic amines) is 1. The van der Waals surface area contributed by atoms with Crippen molar-refractivity contribution in [3.63, 3.8) is 0 Å². The van der Waals surface area contributed by atoms with Crippen molar-refractivity contribution in [2.45, 2.75) is 51.4 Å². The van der Waals surface area contributed by atoms with Crippen LogP contribution in [0.1, 0.15) is 37.6 Å². The number of anilines is 1. The summed E-state index contributed by atoms with van der Waals surface area (Å²) < 4.78 is 11.5. The number of hydrogen-bond donors (Lipinski definition) is 2. The van der Waals surface area contributed by atoms with Gasteiger partial charge in [0.05, 0.1) is 25.3 Å². The van der Waals surface area contributed by atoms with E-state index in [1.54, 1.807) is 4.90 Å². The standard InChI is InChI=1S/C20H32N2O4Si/c1-13-8-14(12-26-27(6,7)20(2,3)4)22(11-13)19(24)15-9-18(25-5)17(23)10-16(15)21/h9-10,14,23H,1,8,11-12,21H2,2-7H3. The summed E-state index contributed by atoms with van der Waals surface area (Å²) in [5.41, 5.74) is 7.52. The maximum Gasteiger partial charge on any atom is 0.256 e. The molecule has 0 aliphatic carbocycles. The highest BCUT2D eigenvalue weighted by Crippen LogP contribution is 2.38. The lowest BCUT2D eigenvalue weighted by Gasteiger charge is -2.38. The summed E-state index contributed by atoms with van der Waals surface area (Å²) in [6.45, 7) is 16.0. The van der Waals surface area contributed by atoms with Crippen LogP contribution in [0.15, 0.2) is 24.3 Å². The van der Waals surface area contributed by atoms with Crippen molar-refractivity contribution >= 4 is 19.9 Å². The zero-order valence-electron chi connectivity index (χ0n) is 17.3. The summed E-state index contributed by atoms with van der Waals surface area (Å²) in [4.78, 5) is 14.9. The molecule has 0 radical (unpaired) electrons. The topological polar surface area (TPSA) is 85.0 Å². The summed E-state index contributed by atoms with van der Waals surface area (Å²) in [5, 5.41) is 9.95. The minimum atomic E-state index is -1.92. The second-order valence-electron chi connectivity index (χ2n) is 8.72. The van der Waals surface area contributed by atoms with Crippen LogP contribution in [0.5, 0.6) is 11.5 Å². The van der Waals surface area contributed by atoms with Gasteiger partial charge in [-0.3, -0.25) is 4.79 Å². The van der Waals surface area contributed by atoms with E-state index in [4.69, 9.17) is 14.9 Å². The van der Waals surface area contributed by atoms with Gasteiger partial charge in [0.15, 0.2) is 19.8 Å². The van der Waals surface area contributed by atoms with Gasteiger partial charge in [0, 0.05) is 18.3 Å². The SMILES string of the molecule is C=C1CC(CO[Si](C)(C)C(C)(C)C)N(C(=O)c2cc(OC)c(O)cc2N)C1. The van der Waals surface area contributed by atoms with Crippen molar-refractivity contribution in [2.24, 2.45) is 0 Å². The van der Waals surface area contributed by atoms with Crippen LogP contribution in [0.4, 0.5) is 5.69 Å². The Morgan fingerprint density at radius 2 is 2.04 bits per heavy atom. The van der Waals surface area contributed by atoms with E-state index in [9.17, 15) is 9.90 Å². The van der Waals surface area contributed by atoms with E-state index in [-0.39, 0.29) is 34.2 Å². The number of nitrogens with zero attached hydrogens (tertiary/aromatic N) is 1. The first-order valence-corrected chi connectivity index (χ1v) is 12.1. The number of nitrogens with two attached hydrogens (primary N) is 1. The number of rotatable bonds is 5. The predicted octanol–water partition coefficient (Wildman–Crippen LogP) is 3.78. The fourth-order valence-electron chi connectivity index (χ4n) is 2.87. The maximum absolute atomic E-state index is 13.1. The first-order chi connectivity index (χ1) is 12.4. The first kappa shape index (κ1) is 21.3. The molecule has 3 N–H and O–H groups in total. The van der Waals surface area contributed by atoms with E-state index < -0.39 is 8.32 Å². The summed E-state index contributed by atoms with van der Waals surface area (Å²) in [6.07, 6.45) is 0.718. The lowest BCUT2D eigenvalue weighted by molar-refractivity contribution is 0.0686.